The highest BCUT2D eigenvalue weighted by molar-refractivity contribution is 5.08. The van der Waals surface area contributed by atoms with Crippen molar-refractivity contribution in [2.45, 2.75) is 85.0 Å². The van der Waals surface area contributed by atoms with E-state index in [9.17, 15) is 0 Å². The molecule has 1 aromatic rings. The van der Waals surface area contributed by atoms with Crippen LogP contribution in [-0.2, 0) is 6.42 Å². The monoisotopic (exact) mass is 302 g/mol. The molecule has 1 nitrogen and oxygen atoms in total. The first-order valence-corrected chi connectivity index (χ1v) is 9.04. The maximum Gasteiger partial charge on any atom is 0.0934 e. The van der Waals surface area contributed by atoms with E-state index in [-0.39, 0.29) is 0 Å². The molecule has 0 amide bonds. The standard InChI is InChI=1S/C21H34O/c1-4-5-6-7-8-11-19(2)12-9-13-20(3)14-10-15-21-16-17-22-18-21/h12,14,16-18H,4-11,13,15H2,1-3H3. The maximum atomic E-state index is 5.09. The molecule has 0 aliphatic rings. The molecule has 1 heteroatoms. The van der Waals surface area contributed by atoms with Gasteiger partial charge in [-0.3, -0.25) is 0 Å². The fourth-order valence-corrected chi connectivity index (χ4v) is 2.68. The van der Waals surface area contributed by atoms with Gasteiger partial charge in [0.25, 0.3) is 0 Å². The van der Waals surface area contributed by atoms with Crippen LogP contribution in [0.1, 0.15) is 84.1 Å². The van der Waals surface area contributed by atoms with E-state index < -0.39 is 0 Å². The summed E-state index contributed by atoms with van der Waals surface area (Å²) in [5.74, 6) is 0. The molecule has 0 bridgehead atoms. The summed E-state index contributed by atoms with van der Waals surface area (Å²) >= 11 is 0. The molecule has 0 saturated carbocycles. The van der Waals surface area contributed by atoms with Crippen molar-refractivity contribution in [2.75, 3.05) is 0 Å². The highest BCUT2D eigenvalue weighted by atomic mass is 16.3. The third kappa shape index (κ3) is 9.65. The van der Waals surface area contributed by atoms with E-state index in [0.29, 0.717) is 0 Å². The van der Waals surface area contributed by atoms with E-state index in [1.165, 1.54) is 62.5 Å². The zero-order chi connectivity index (χ0) is 16.0. The average Bonchev–Trinajstić information content (AvgIpc) is 3.00. The number of aryl methyl sites for hydroxylation is 1. The Balaban J connectivity index is 2.09. The molecule has 0 spiro atoms. The van der Waals surface area contributed by atoms with E-state index in [2.05, 4.69) is 39.0 Å². The molecule has 22 heavy (non-hydrogen) atoms. The van der Waals surface area contributed by atoms with Gasteiger partial charge >= 0.3 is 0 Å². The largest absolute Gasteiger partial charge is 0.472 e. The maximum absolute atomic E-state index is 5.09. The van der Waals surface area contributed by atoms with Crippen LogP contribution in [0.15, 0.2) is 46.3 Å². The lowest BCUT2D eigenvalue weighted by atomic mass is 10.0. The van der Waals surface area contributed by atoms with Crippen LogP contribution < -0.4 is 0 Å². The second-order valence-electron chi connectivity index (χ2n) is 6.47. The third-order valence-corrected chi connectivity index (χ3v) is 4.21. The van der Waals surface area contributed by atoms with Crippen molar-refractivity contribution in [1.29, 1.82) is 0 Å². The van der Waals surface area contributed by atoms with Crippen LogP contribution in [0.2, 0.25) is 0 Å². The van der Waals surface area contributed by atoms with E-state index in [1.54, 1.807) is 11.8 Å². The van der Waals surface area contributed by atoms with Gasteiger partial charge in [-0.1, -0.05) is 55.9 Å². The van der Waals surface area contributed by atoms with E-state index >= 15 is 0 Å². The van der Waals surface area contributed by atoms with Crippen molar-refractivity contribution in [1.82, 2.24) is 0 Å². The summed E-state index contributed by atoms with van der Waals surface area (Å²) in [6.45, 7) is 6.82. The number of furan rings is 1. The molecule has 124 valence electrons. The first kappa shape index (κ1) is 18.8. The average molecular weight is 303 g/mol. The summed E-state index contributed by atoms with van der Waals surface area (Å²) in [5.41, 5.74) is 4.38. The second kappa shape index (κ2) is 12.3. The highest BCUT2D eigenvalue weighted by Gasteiger charge is 1.95. The minimum absolute atomic E-state index is 1.08. The van der Waals surface area contributed by atoms with Gasteiger partial charge in [0.1, 0.15) is 0 Å². The van der Waals surface area contributed by atoms with E-state index in [0.717, 1.165) is 12.8 Å². The third-order valence-electron chi connectivity index (χ3n) is 4.21. The Hall–Kier alpha value is -1.24. The molecular formula is C21H34O. The number of allylic oxidation sites excluding steroid dienone is 4. The molecule has 1 heterocycles. The first-order chi connectivity index (χ1) is 10.7. The fraction of sp³-hybridized carbons (Fsp3) is 0.619. The topological polar surface area (TPSA) is 13.1 Å². The summed E-state index contributed by atoms with van der Waals surface area (Å²) in [6.07, 6.45) is 21.2. The summed E-state index contributed by atoms with van der Waals surface area (Å²) in [4.78, 5) is 0. The lowest BCUT2D eigenvalue weighted by molar-refractivity contribution is 0.564. The second-order valence-corrected chi connectivity index (χ2v) is 6.47. The predicted octanol–water partition coefficient (Wildman–Crippen LogP) is 7.25. The highest BCUT2D eigenvalue weighted by Crippen LogP contribution is 2.14. The zero-order valence-corrected chi connectivity index (χ0v) is 14.9. The molecule has 0 aromatic carbocycles. The molecule has 0 saturated heterocycles. The van der Waals surface area contributed by atoms with Crippen LogP contribution in [0.4, 0.5) is 0 Å². The molecule has 1 rings (SSSR count). The summed E-state index contributed by atoms with van der Waals surface area (Å²) in [7, 11) is 0. The van der Waals surface area contributed by atoms with Crippen LogP contribution in [-0.4, -0.2) is 0 Å². The summed E-state index contributed by atoms with van der Waals surface area (Å²) in [5, 5.41) is 0. The van der Waals surface area contributed by atoms with Gasteiger partial charge in [-0.2, -0.15) is 0 Å². The quantitative estimate of drug-likeness (QED) is 0.293. The molecule has 0 atom stereocenters. The van der Waals surface area contributed by atoms with Crippen LogP contribution in [0.3, 0.4) is 0 Å². The van der Waals surface area contributed by atoms with Crippen molar-refractivity contribution in [3.8, 4) is 0 Å². The van der Waals surface area contributed by atoms with Gasteiger partial charge in [0, 0.05) is 0 Å². The molecule has 0 radical (unpaired) electrons. The Labute approximate surface area is 137 Å². The van der Waals surface area contributed by atoms with Gasteiger partial charge < -0.3 is 4.42 Å². The van der Waals surface area contributed by atoms with Crippen molar-refractivity contribution in [3.63, 3.8) is 0 Å². The van der Waals surface area contributed by atoms with Gasteiger partial charge in [-0.05, 0) is 64.0 Å². The fourth-order valence-electron chi connectivity index (χ4n) is 2.68. The minimum atomic E-state index is 1.08. The van der Waals surface area contributed by atoms with E-state index in [4.69, 9.17) is 4.42 Å². The molecule has 0 unspecified atom stereocenters. The molecule has 1 aromatic heterocycles. The Bertz CT molecular complexity index is 423. The van der Waals surface area contributed by atoms with Crippen molar-refractivity contribution in [2.24, 2.45) is 0 Å². The Morgan fingerprint density at radius 3 is 2.41 bits per heavy atom. The van der Waals surface area contributed by atoms with E-state index in [1.807, 2.05) is 6.26 Å². The lowest BCUT2D eigenvalue weighted by Crippen LogP contribution is -1.84. The first-order valence-electron chi connectivity index (χ1n) is 9.04. The number of hydrogen-bond acceptors (Lipinski definition) is 1. The van der Waals surface area contributed by atoms with Crippen molar-refractivity contribution < 1.29 is 4.42 Å². The molecule has 0 N–H and O–H groups in total. The molecule has 0 fully saturated rings. The van der Waals surface area contributed by atoms with Gasteiger partial charge in [-0.15, -0.1) is 0 Å². The van der Waals surface area contributed by atoms with Crippen LogP contribution in [0.25, 0.3) is 0 Å². The minimum Gasteiger partial charge on any atom is -0.472 e. The van der Waals surface area contributed by atoms with Crippen molar-refractivity contribution >= 4 is 0 Å². The number of unbranched alkanes of at least 4 members (excludes halogenated alkanes) is 4. The molecule has 0 aliphatic carbocycles. The summed E-state index contributed by atoms with van der Waals surface area (Å²) in [6, 6.07) is 2.05. The van der Waals surface area contributed by atoms with Crippen LogP contribution in [0, 0.1) is 0 Å². The Morgan fingerprint density at radius 2 is 1.68 bits per heavy atom. The summed E-state index contributed by atoms with van der Waals surface area (Å²) < 4.78 is 5.09. The zero-order valence-electron chi connectivity index (χ0n) is 14.9. The van der Waals surface area contributed by atoms with Crippen LogP contribution >= 0.6 is 0 Å². The SMILES string of the molecule is CCCCCCCC(C)=CCCC(C)=CCCc1ccoc1. The predicted molar refractivity (Wildman–Crippen MR) is 97.2 cm³/mol. The van der Waals surface area contributed by atoms with Gasteiger partial charge in [-0.25, -0.2) is 0 Å². The lowest BCUT2D eigenvalue weighted by Gasteiger charge is -2.03. The van der Waals surface area contributed by atoms with Gasteiger partial charge in [0.05, 0.1) is 12.5 Å². The molecular weight excluding hydrogens is 268 g/mol. The Kier molecular flexibility index (Phi) is 10.5. The van der Waals surface area contributed by atoms with Crippen LogP contribution in [0.5, 0.6) is 0 Å². The smallest absolute Gasteiger partial charge is 0.0934 e. The normalized spacial score (nSPS) is 12.9. The van der Waals surface area contributed by atoms with Gasteiger partial charge in [0.2, 0.25) is 0 Å². The Morgan fingerprint density at radius 1 is 0.955 bits per heavy atom. The number of rotatable bonds is 12. The number of hydrogen-bond donors (Lipinski definition) is 0. The van der Waals surface area contributed by atoms with Gasteiger partial charge in [0.15, 0.2) is 0 Å². The molecule has 0 aliphatic heterocycles. The van der Waals surface area contributed by atoms with Crippen molar-refractivity contribution in [3.05, 3.63) is 47.5 Å².